The van der Waals surface area contributed by atoms with Gasteiger partial charge in [-0.1, -0.05) is 30.3 Å². The van der Waals surface area contributed by atoms with Gasteiger partial charge in [-0.3, -0.25) is 19.3 Å². The van der Waals surface area contributed by atoms with E-state index in [0.717, 1.165) is 16.7 Å². The summed E-state index contributed by atoms with van der Waals surface area (Å²) < 4.78 is 38.0. The molecule has 0 bridgehead atoms. The zero-order valence-corrected chi connectivity index (χ0v) is 20.8. The molecular weight excluding hydrogens is 484 g/mol. The summed E-state index contributed by atoms with van der Waals surface area (Å²) in [4.78, 5) is 39.6. The van der Waals surface area contributed by atoms with Crippen LogP contribution in [0, 0.1) is 5.92 Å². The Bertz CT molecular complexity index is 1160. The van der Waals surface area contributed by atoms with E-state index < -0.39 is 23.7 Å². The molecule has 0 aliphatic carbocycles. The van der Waals surface area contributed by atoms with Gasteiger partial charge in [0, 0.05) is 30.6 Å². The van der Waals surface area contributed by atoms with Gasteiger partial charge in [-0.05, 0) is 42.6 Å². The summed E-state index contributed by atoms with van der Waals surface area (Å²) in [5.41, 5.74) is 8.43. The fourth-order valence-corrected chi connectivity index (χ4v) is 4.82. The van der Waals surface area contributed by atoms with Gasteiger partial charge >= 0.3 is 5.97 Å². The lowest BCUT2D eigenvalue weighted by molar-refractivity contribution is -0.149. The molecule has 1 fully saturated rings. The van der Waals surface area contributed by atoms with E-state index in [4.69, 9.17) is 10.5 Å². The summed E-state index contributed by atoms with van der Waals surface area (Å²) in [5.74, 6) is -4.88. The second kappa shape index (κ2) is 11.2. The molecule has 8 nitrogen and oxygen atoms in total. The molecule has 2 N–H and O–H groups in total. The maximum atomic E-state index is 13.7. The van der Waals surface area contributed by atoms with Crippen LogP contribution in [0.2, 0.25) is 0 Å². The minimum atomic E-state index is -2.62. The first kappa shape index (κ1) is 26.5. The minimum absolute atomic E-state index is 0.0479. The van der Waals surface area contributed by atoms with Crippen molar-refractivity contribution in [2.75, 3.05) is 26.7 Å². The number of hydrogen-bond acceptors (Lipinski definition) is 6. The van der Waals surface area contributed by atoms with Crippen LogP contribution in [0.25, 0.3) is 0 Å². The van der Waals surface area contributed by atoms with Gasteiger partial charge in [0.2, 0.25) is 5.91 Å². The van der Waals surface area contributed by atoms with Gasteiger partial charge in [-0.15, -0.1) is 0 Å². The van der Waals surface area contributed by atoms with Crippen LogP contribution in [0.15, 0.2) is 42.5 Å². The first-order valence-corrected chi connectivity index (χ1v) is 12.3. The molecule has 4 rings (SSSR count). The van der Waals surface area contributed by atoms with Crippen molar-refractivity contribution in [3.8, 4) is 5.75 Å². The number of nitrogens with two attached hydrogens (primary N) is 1. The van der Waals surface area contributed by atoms with Crippen molar-refractivity contribution in [2.24, 2.45) is 11.7 Å². The summed E-state index contributed by atoms with van der Waals surface area (Å²) in [6, 6.07) is 12.9. The molecular formula is C27H31F2N3O5. The molecule has 2 amide bonds. The number of amides is 2. The van der Waals surface area contributed by atoms with E-state index in [1.807, 2.05) is 24.3 Å². The first-order chi connectivity index (χ1) is 17.7. The lowest BCUT2D eigenvalue weighted by atomic mass is 10.1. The fraction of sp³-hybridized carbons (Fsp3) is 0.444. The lowest BCUT2D eigenvalue weighted by Crippen LogP contribution is -2.41. The summed E-state index contributed by atoms with van der Waals surface area (Å²) in [7, 11) is 1.18. The highest BCUT2D eigenvalue weighted by Gasteiger charge is 2.35. The van der Waals surface area contributed by atoms with Crippen molar-refractivity contribution in [3.63, 3.8) is 0 Å². The molecule has 198 valence electrons. The molecule has 1 unspecified atom stereocenters. The first-order valence-electron chi connectivity index (χ1n) is 12.3. The Balaban J connectivity index is 1.34. The van der Waals surface area contributed by atoms with Gasteiger partial charge < -0.3 is 20.1 Å². The Hall–Kier alpha value is -3.53. The largest absolute Gasteiger partial charge is 0.489 e. The highest BCUT2D eigenvalue weighted by Crippen LogP contribution is 2.32. The molecule has 2 aliphatic heterocycles. The number of carbonyl (C=O) groups excluding carboxylic acids is 3. The molecule has 0 saturated carbocycles. The lowest BCUT2D eigenvalue weighted by Gasteiger charge is -2.32. The van der Waals surface area contributed by atoms with Crippen LogP contribution in [0.4, 0.5) is 8.78 Å². The number of halogens is 2. The maximum absolute atomic E-state index is 13.7. The number of piperidine rings is 1. The van der Waals surface area contributed by atoms with Crippen molar-refractivity contribution in [3.05, 3.63) is 64.7 Å². The van der Waals surface area contributed by atoms with Crippen LogP contribution in [-0.4, -0.2) is 60.3 Å². The van der Waals surface area contributed by atoms with E-state index in [2.05, 4.69) is 4.74 Å². The quantitative estimate of drug-likeness (QED) is 0.385. The topological polar surface area (TPSA) is 102 Å². The predicted molar refractivity (Wildman–Crippen MR) is 131 cm³/mol. The van der Waals surface area contributed by atoms with Crippen LogP contribution in [0.3, 0.4) is 0 Å². The number of benzene rings is 2. The standard InChI is InChI=1S/C27H31F2N3O5/c1-36-26(35)21(24(30)33)10-13-32-15-22-20(25(32)34)4-2-5-23(22)37-16-19-8-6-18(7-9-19)14-31-12-3-11-27(28,29)17-31/h2,4-9,21H,3,10-17H2,1H3,(H2,30,33). The molecule has 2 aliphatic rings. The molecule has 2 aromatic carbocycles. The van der Waals surface area contributed by atoms with Crippen LogP contribution < -0.4 is 10.5 Å². The van der Waals surface area contributed by atoms with E-state index >= 15 is 0 Å². The van der Waals surface area contributed by atoms with E-state index in [9.17, 15) is 23.2 Å². The van der Waals surface area contributed by atoms with Crippen molar-refractivity contribution in [1.82, 2.24) is 9.80 Å². The van der Waals surface area contributed by atoms with Crippen molar-refractivity contribution >= 4 is 17.8 Å². The monoisotopic (exact) mass is 515 g/mol. The normalized spacial score (nSPS) is 17.8. The maximum Gasteiger partial charge on any atom is 0.318 e. The number of ether oxygens (including phenoxy) is 2. The molecule has 2 heterocycles. The number of fused-ring (bicyclic) bond motifs is 1. The summed E-state index contributed by atoms with van der Waals surface area (Å²) in [6.07, 6.45) is 0.518. The van der Waals surface area contributed by atoms with Gasteiger partial charge in [0.05, 0.1) is 20.2 Å². The highest BCUT2D eigenvalue weighted by molar-refractivity contribution is 5.99. The Morgan fingerprint density at radius 3 is 2.54 bits per heavy atom. The molecule has 1 saturated heterocycles. The second-order valence-corrected chi connectivity index (χ2v) is 9.55. The van der Waals surface area contributed by atoms with E-state index in [1.54, 1.807) is 28.0 Å². The van der Waals surface area contributed by atoms with Gasteiger partial charge in [0.25, 0.3) is 11.8 Å². The molecule has 0 spiro atoms. The average Bonchev–Trinajstić information content (AvgIpc) is 3.18. The minimum Gasteiger partial charge on any atom is -0.489 e. The van der Waals surface area contributed by atoms with Crippen LogP contribution in [0.5, 0.6) is 5.75 Å². The van der Waals surface area contributed by atoms with E-state index in [-0.39, 0.29) is 45.0 Å². The Labute approximate surface area is 214 Å². The molecule has 0 radical (unpaired) electrons. The zero-order valence-electron chi connectivity index (χ0n) is 20.8. The SMILES string of the molecule is COC(=O)C(CCN1Cc2c(OCc3ccc(CN4CCCC(F)(F)C4)cc3)cccc2C1=O)C(N)=O. The third-order valence-electron chi connectivity index (χ3n) is 6.81. The van der Waals surface area contributed by atoms with Gasteiger partial charge in [-0.25, -0.2) is 8.78 Å². The zero-order chi connectivity index (χ0) is 26.6. The fourth-order valence-electron chi connectivity index (χ4n) is 4.82. The number of carbonyl (C=O) groups is 3. The highest BCUT2D eigenvalue weighted by atomic mass is 19.3. The third-order valence-corrected chi connectivity index (χ3v) is 6.81. The number of likely N-dealkylation sites (tertiary alicyclic amines) is 1. The molecule has 1 atom stereocenters. The Morgan fingerprint density at radius 2 is 1.86 bits per heavy atom. The molecule has 37 heavy (non-hydrogen) atoms. The van der Waals surface area contributed by atoms with Crippen LogP contribution in [-0.2, 0) is 34.0 Å². The van der Waals surface area contributed by atoms with Crippen LogP contribution in [0.1, 0.15) is 46.3 Å². The van der Waals surface area contributed by atoms with E-state index in [0.29, 0.717) is 30.8 Å². The smallest absolute Gasteiger partial charge is 0.318 e. The number of alkyl halides is 2. The van der Waals surface area contributed by atoms with Gasteiger partial charge in [-0.2, -0.15) is 0 Å². The third kappa shape index (κ3) is 6.43. The van der Waals surface area contributed by atoms with Gasteiger partial charge in [0.15, 0.2) is 0 Å². The Kier molecular flexibility index (Phi) is 8.06. The van der Waals surface area contributed by atoms with Crippen LogP contribution >= 0.6 is 0 Å². The summed E-state index contributed by atoms with van der Waals surface area (Å²) in [6.45, 7) is 1.67. The molecule has 10 heteroatoms. The second-order valence-electron chi connectivity index (χ2n) is 9.55. The number of primary amides is 1. The van der Waals surface area contributed by atoms with Crippen molar-refractivity contribution in [1.29, 1.82) is 0 Å². The average molecular weight is 516 g/mol. The number of esters is 1. The summed E-state index contributed by atoms with van der Waals surface area (Å²) >= 11 is 0. The Morgan fingerprint density at radius 1 is 1.14 bits per heavy atom. The van der Waals surface area contributed by atoms with E-state index in [1.165, 1.54) is 7.11 Å². The number of rotatable bonds is 10. The number of methoxy groups -OCH3 is 1. The molecule has 0 aromatic heterocycles. The van der Waals surface area contributed by atoms with Crippen molar-refractivity contribution < 1.29 is 32.6 Å². The van der Waals surface area contributed by atoms with Gasteiger partial charge in [0.1, 0.15) is 18.3 Å². The summed E-state index contributed by atoms with van der Waals surface area (Å²) in [5, 5.41) is 0. The number of nitrogens with zero attached hydrogens (tertiary/aromatic N) is 2. The number of hydrogen-bond donors (Lipinski definition) is 1. The van der Waals surface area contributed by atoms with Crippen molar-refractivity contribution in [2.45, 2.75) is 44.9 Å². The molecule has 2 aromatic rings. The predicted octanol–water partition coefficient (Wildman–Crippen LogP) is 3.12.